The third kappa shape index (κ3) is 2.83. The van der Waals surface area contributed by atoms with Crippen molar-refractivity contribution < 1.29 is 21.9 Å². The Balaban J connectivity index is 1.13. The van der Waals surface area contributed by atoms with E-state index in [1.807, 2.05) is 0 Å². The molecular weight excluding hydrogens is 414 g/mol. The second kappa shape index (κ2) is 6.46. The maximum Gasteiger partial charge on any atom is 0.282 e. The number of sulfonamides is 1. The van der Waals surface area contributed by atoms with Crippen molar-refractivity contribution >= 4 is 10.0 Å². The normalized spacial score (nSPS) is 31.0. The minimum Gasteiger partial charge on any atom is -0.380 e. The van der Waals surface area contributed by atoms with Gasteiger partial charge in [-0.25, -0.2) is 21.9 Å². The van der Waals surface area contributed by atoms with E-state index in [-0.39, 0.29) is 16.5 Å². The van der Waals surface area contributed by atoms with Crippen molar-refractivity contribution in [3.05, 3.63) is 11.8 Å². The van der Waals surface area contributed by atoms with Crippen LogP contribution in [0.4, 0.5) is 8.78 Å². The van der Waals surface area contributed by atoms with Gasteiger partial charge in [0, 0.05) is 37.2 Å². The molecule has 3 aliphatic heterocycles. The summed E-state index contributed by atoms with van der Waals surface area (Å²) < 4.78 is 61.1. The number of hydrogen-bond acceptors (Lipinski definition) is 5. The van der Waals surface area contributed by atoms with E-state index >= 15 is 0 Å². The van der Waals surface area contributed by atoms with Crippen molar-refractivity contribution in [2.75, 3.05) is 32.8 Å². The number of hydrogen-bond donors (Lipinski definition) is 1. The number of nitrogens with one attached hydrogen (secondary N) is 1. The Hall–Kier alpha value is -1.10. The van der Waals surface area contributed by atoms with Gasteiger partial charge in [0.25, 0.3) is 16.4 Å². The van der Waals surface area contributed by atoms with Crippen molar-refractivity contribution in [2.45, 2.75) is 62.1 Å². The van der Waals surface area contributed by atoms with E-state index in [0.717, 1.165) is 64.3 Å². The van der Waals surface area contributed by atoms with Crippen molar-refractivity contribution in [1.29, 1.82) is 0 Å². The molecule has 7 nitrogen and oxygen atoms in total. The zero-order valence-corrected chi connectivity index (χ0v) is 17.7. The molecule has 30 heavy (non-hydrogen) atoms. The molecule has 1 atom stereocenters. The summed E-state index contributed by atoms with van der Waals surface area (Å²) in [6.45, 7) is 3.72. The van der Waals surface area contributed by atoms with Gasteiger partial charge in [0.2, 0.25) is 0 Å². The summed E-state index contributed by atoms with van der Waals surface area (Å²) in [6, 6.07) is 1.56. The Bertz CT molecular complexity index is 936. The van der Waals surface area contributed by atoms with E-state index in [1.54, 1.807) is 0 Å². The quantitative estimate of drug-likeness (QED) is 0.758. The number of halogens is 2. The Morgan fingerprint density at radius 3 is 2.40 bits per heavy atom. The standard InChI is InChI=1S/C20H28F2N4O3S/c21-18(22)15-7-16(26(24-15)14-1-2-14)30(27,28)25-5-3-19(4-6-25)8-13(9-19)17-20(10-23-17)11-29-12-20/h7,13-14,17-18,23H,1-6,8-12H2. The molecule has 1 unspecified atom stereocenters. The fraction of sp³-hybridized carbons (Fsp3) is 0.850. The molecule has 1 N–H and O–H groups in total. The molecule has 0 aromatic carbocycles. The first-order valence-corrected chi connectivity index (χ1v) is 12.4. The van der Waals surface area contributed by atoms with Crippen LogP contribution in [0.25, 0.3) is 0 Å². The fourth-order valence-electron chi connectivity index (χ4n) is 6.13. The van der Waals surface area contributed by atoms with Crippen molar-refractivity contribution in [3.63, 3.8) is 0 Å². The third-order valence-corrected chi connectivity index (χ3v) is 10.1. The lowest BCUT2D eigenvalue weighted by Gasteiger charge is -2.64. The van der Waals surface area contributed by atoms with Gasteiger partial charge in [-0.15, -0.1) is 0 Å². The molecule has 2 spiro atoms. The molecule has 0 bridgehead atoms. The van der Waals surface area contributed by atoms with Gasteiger partial charge in [-0.1, -0.05) is 0 Å². The van der Waals surface area contributed by atoms with E-state index in [9.17, 15) is 17.2 Å². The molecule has 4 heterocycles. The van der Waals surface area contributed by atoms with Crippen LogP contribution in [0.3, 0.4) is 0 Å². The summed E-state index contributed by atoms with van der Waals surface area (Å²) in [5.41, 5.74) is 0.155. The van der Waals surface area contributed by atoms with Gasteiger partial charge in [-0.3, -0.25) is 0 Å². The third-order valence-electron chi connectivity index (χ3n) is 8.20. The molecule has 5 fully saturated rings. The second-order valence-electron chi connectivity index (χ2n) is 10.2. The van der Waals surface area contributed by atoms with Gasteiger partial charge in [0.15, 0.2) is 5.03 Å². The molecule has 166 valence electrons. The summed E-state index contributed by atoms with van der Waals surface area (Å²) >= 11 is 0. The van der Waals surface area contributed by atoms with E-state index in [2.05, 4.69) is 10.4 Å². The van der Waals surface area contributed by atoms with Gasteiger partial charge in [-0.05, 0) is 49.9 Å². The molecule has 2 saturated carbocycles. The van der Waals surface area contributed by atoms with Crippen LogP contribution in [0.1, 0.15) is 56.7 Å². The van der Waals surface area contributed by atoms with Crippen LogP contribution in [0, 0.1) is 16.7 Å². The Morgan fingerprint density at radius 1 is 1.20 bits per heavy atom. The largest absolute Gasteiger partial charge is 0.380 e. The Labute approximate surface area is 175 Å². The molecule has 2 aliphatic carbocycles. The zero-order chi connectivity index (χ0) is 20.7. The second-order valence-corrected chi connectivity index (χ2v) is 12.1. The molecule has 1 aromatic rings. The zero-order valence-electron chi connectivity index (χ0n) is 16.9. The highest BCUT2D eigenvalue weighted by Gasteiger charge is 2.60. The molecule has 0 amide bonds. The van der Waals surface area contributed by atoms with Crippen molar-refractivity contribution in [2.24, 2.45) is 16.7 Å². The van der Waals surface area contributed by atoms with E-state index < -0.39 is 22.1 Å². The van der Waals surface area contributed by atoms with Gasteiger partial charge < -0.3 is 10.1 Å². The summed E-state index contributed by atoms with van der Waals surface area (Å²) in [4.78, 5) is 0. The van der Waals surface area contributed by atoms with Crippen molar-refractivity contribution in [1.82, 2.24) is 19.4 Å². The van der Waals surface area contributed by atoms with Crippen LogP contribution in [0.15, 0.2) is 11.1 Å². The van der Waals surface area contributed by atoms with Crippen LogP contribution in [0.2, 0.25) is 0 Å². The summed E-state index contributed by atoms with van der Waals surface area (Å²) in [7, 11) is -3.81. The van der Waals surface area contributed by atoms with Gasteiger partial charge in [-0.2, -0.15) is 9.40 Å². The number of piperidine rings is 1. The molecule has 10 heteroatoms. The van der Waals surface area contributed by atoms with Crippen LogP contribution >= 0.6 is 0 Å². The smallest absolute Gasteiger partial charge is 0.282 e. The number of aromatic nitrogens is 2. The molecule has 0 radical (unpaired) electrons. The molecule has 3 saturated heterocycles. The SMILES string of the molecule is O=S(=O)(c1cc(C(F)F)nn1C1CC1)N1CCC2(CC1)CC(C1NCC13COC3)C2. The Morgan fingerprint density at radius 2 is 1.90 bits per heavy atom. The van der Waals surface area contributed by atoms with E-state index in [1.165, 1.54) is 8.99 Å². The average molecular weight is 443 g/mol. The molecule has 6 rings (SSSR count). The maximum absolute atomic E-state index is 13.2. The summed E-state index contributed by atoms with van der Waals surface area (Å²) in [5.74, 6) is 0.663. The molecule has 1 aromatic heterocycles. The molecular formula is C20H28F2N4O3S. The van der Waals surface area contributed by atoms with E-state index in [4.69, 9.17) is 4.74 Å². The summed E-state index contributed by atoms with van der Waals surface area (Å²) in [6.07, 6.45) is 2.81. The van der Waals surface area contributed by atoms with Crippen LogP contribution < -0.4 is 5.32 Å². The summed E-state index contributed by atoms with van der Waals surface area (Å²) in [5, 5.41) is 7.44. The van der Waals surface area contributed by atoms with Crippen LogP contribution in [-0.4, -0.2) is 61.4 Å². The Kier molecular flexibility index (Phi) is 4.22. The van der Waals surface area contributed by atoms with Crippen LogP contribution in [-0.2, 0) is 14.8 Å². The first-order chi connectivity index (χ1) is 14.3. The predicted octanol–water partition coefficient (Wildman–Crippen LogP) is 2.32. The number of ether oxygens (including phenoxy) is 1. The maximum atomic E-state index is 13.2. The fourth-order valence-corrected chi connectivity index (χ4v) is 7.75. The van der Waals surface area contributed by atoms with Gasteiger partial charge >= 0.3 is 0 Å². The first-order valence-electron chi connectivity index (χ1n) is 11.0. The van der Waals surface area contributed by atoms with Crippen LogP contribution in [0.5, 0.6) is 0 Å². The average Bonchev–Trinajstić information content (AvgIpc) is 3.36. The molecule has 5 aliphatic rings. The number of nitrogens with zero attached hydrogens (tertiary/aromatic N) is 3. The van der Waals surface area contributed by atoms with Crippen molar-refractivity contribution in [3.8, 4) is 0 Å². The highest BCUT2D eigenvalue weighted by atomic mass is 32.2. The highest BCUT2D eigenvalue weighted by molar-refractivity contribution is 7.89. The minimum absolute atomic E-state index is 0.0617. The topological polar surface area (TPSA) is 76.5 Å². The van der Waals surface area contributed by atoms with Gasteiger partial charge in [0.05, 0.1) is 19.3 Å². The lowest BCUT2D eigenvalue weighted by atomic mass is 9.51. The monoisotopic (exact) mass is 442 g/mol. The highest BCUT2D eigenvalue weighted by Crippen LogP contribution is 2.58. The first kappa shape index (κ1) is 19.6. The lowest BCUT2D eigenvalue weighted by Crippen LogP contribution is -2.75. The minimum atomic E-state index is -3.81. The number of alkyl halides is 2. The van der Waals surface area contributed by atoms with Gasteiger partial charge in [0.1, 0.15) is 5.69 Å². The lowest BCUT2D eigenvalue weighted by molar-refractivity contribution is -0.199. The number of rotatable bonds is 5. The van der Waals surface area contributed by atoms with E-state index in [0.29, 0.717) is 30.5 Å². The predicted molar refractivity (Wildman–Crippen MR) is 104 cm³/mol.